The maximum atomic E-state index is 6.17. The van der Waals surface area contributed by atoms with Crippen LogP contribution in [0, 0.1) is 0 Å². The van der Waals surface area contributed by atoms with Gasteiger partial charge in [0.1, 0.15) is 11.5 Å². The van der Waals surface area contributed by atoms with Gasteiger partial charge in [0.05, 0.1) is 6.33 Å². The molecule has 2 N–H and O–H groups in total. The third kappa shape index (κ3) is 2.68. The van der Waals surface area contributed by atoms with Crippen LogP contribution in [0.4, 0.5) is 5.82 Å². The normalized spacial score (nSPS) is 10.7. The van der Waals surface area contributed by atoms with Gasteiger partial charge in [0.2, 0.25) is 0 Å². The summed E-state index contributed by atoms with van der Waals surface area (Å²) in [7, 11) is 0. The monoisotopic (exact) mass is 277 g/mol. The van der Waals surface area contributed by atoms with Crippen LogP contribution in [0.25, 0.3) is 22.4 Å². The Morgan fingerprint density at radius 2 is 1.52 bits per heavy atom. The fraction of sp³-hybridized carbons (Fsp3) is 0.167. The molecule has 0 amide bonds. The summed E-state index contributed by atoms with van der Waals surface area (Å²) >= 11 is 0. The molecule has 0 atom stereocenters. The van der Waals surface area contributed by atoms with Crippen LogP contribution < -0.4 is 5.73 Å². The number of imidazole rings is 1. The molecule has 0 aliphatic heterocycles. The minimum Gasteiger partial charge on any atom is -0.383 e. The summed E-state index contributed by atoms with van der Waals surface area (Å²) < 4.78 is 2.00. The quantitative estimate of drug-likeness (QED) is 0.776. The average molecular weight is 277 g/mol. The van der Waals surface area contributed by atoms with Crippen LogP contribution in [-0.2, 0) is 6.54 Å². The van der Waals surface area contributed by atoms with Gasteiger partial charge in [-0.05, 0) is 17.5 Å². The Labute approximate surface area is 125 Å². The van der Waals surface area contributed by atoms with E-state index in [1.165, 1.54) is 11.1 Å². The SMILES string of the molecule is CCCn1cnc(-c2ccc(-c3ccccc3)cc2)c1N. The van der Waals surface area contributed by atoms with E-state index in [1.807, 2.05) is 29.1 Å². The van der Waals surface area contributed by atoms with Crippen molar-refractivity contribution in [3.63, 3.8) is 0 Å². The van der Waals surface area contributed by atoms with Crippen LogP contribution in [0.3, 0.4) is 0 Å². The molecular formula is C18H19N3. The number of hydrogen-bond acceptors (Lipinski definition) is 2. The number of aromatic nitrogens is 2. The summed E-state index contributed by atoms with van der Waals surface area (Å²) in [5.74, 6) is 0.740. The molecule has 3 nitrogen and oxygen atoms in total. The molecule has 2 aromatic carbocycles. The largest absolute Gasteiger partial charge is 0.383 e. The summed E-state index contributed by atoms with van der Waals surface area (Å²) in [6.45, 7) is 3.04. The Kier molecular flexibility index (Phi) is 3.73. The van der Waals surface area contributed by atoms with Crippen molar-refractivity contribution < 1.29 is 0 Å². The van der Waals surface area contributed by atoms with Gasteiger partial charge in [-0.1, -0.05) is 61.5 Å². The molecule has 0 aliphatic rings. The van der Waals surface area contributed by atoms with Crippen molar-refractivity contribution in [2.75, 3.05) is 5.73 Å². The third-order valence-corrected chi connectivity index (χ3v) is 3.61. The van der Waals surface area contributed by atoms with Crippen LogP contribution in [0.5, 0.6) is 0 Å². The van der Waals surface area contributed by atoms with Crippen LogP contribution >= 0.6 is 0 Å². The van der Waals surface area contributed by atoms with E-state index in [0.29, 0.717) is 0 Å². The smallest absolute Gasteiger partial charge is 0.131 e. The van der Waals surface area contributed by atoms with Gasteiger partial charge in [0.25, 0.3) is 0 Å². The zero-order valence-corrected chi connectivity index (χ0v) is 12.2. The first-order valence-corrected chi connectivity index (χ1v) is 7.26. The first kappa shape index (κ1) is 13.4. The van der Waals surface area contributed by atoms with E-state index >= 15 is 0 Å². The van der Waals surface area contributed by atoms with Crippen LogP contribution in [0.15, 0.2) is 60.9 Å². The van der Waals surface area contributed by atoms with Crippen molar-refractivity contribution in [2.24, 2.45) is 0 Å². The van der Waals surface area contributed by atoms with Crippen molar-refractivity contribution in [3.05, 3.63) is 60.9 Å². The fourth-order valence-corrected chi connectivity index (χ4v) is 2.48. The molecule has 106 valence electrons. The molecular weight excluding hydrogens is 258 g/mol. The topological polar surface area (TPSA) is 43.8 Å². The Morgan fingerprint density at radius 1 is 0.905 bits per heavy atom. The molecule has 0 aliphatic carbocycles. The highest BCUT2D eigenvalue weighted by Gasteiger charge is 2.09. The lowest BCUT2D eigenvalue weighted by molar-refractivity contribution is 0.686. The van der Waals surface area contributed by atoms with Gasteiger partial charge in [0, 0.05) is 12.1 Å². The van der Waals surface area contributed by atoms with Gasteiger partial charge in [-0.25, -0.2) is 4.98 Å². The maximum absolute atomic E-state index is 6.17. The van der Waals surface area contributed by atoms with Crippen molar-refractivity contribution in [1.82, 2.24) is 9.55 Å². The summed E-state index contributed by atoms with van der Waals surface area (Å²) in [5.41, 5.74) is 10.5. The zero-order valence-electron chi connectivity index (χ0n) is 12.2. The summed E-state index contributed by atoms with van der Waals surface area (Å²) in [6.07, 6.45) is 2.87. The molecule has 0 bridgehead atoms. The Bertz CT molecular complexity index is 712. The van der Waals surface area contributed by atoms with Crippen molar-refractivity contribution in [2.45, 2.75) is 19.9 Å². The highest BCUT2D eigenvalue weighted by Crippen LogP contribution is 2.27. The van der Waals surface area contributed by atoms with Crippen LogP contribution in [0.1, 0.15) is 13.3 Å². The molecule has 0 saturated heterocycles. The van der Waals surface area contributed by atoms with E-state index in [1.54, 1.807) is 0 Å². The molecule has 1 aromatic heterocycles. The number of hydrogen-bond donors (Lipinski definition) is 1. The van der Waals surface area contributed by atoms with Crippen molar-refractivity contribution in [3.8, 4) is 22.4 Å². The number of nitrogens with zero attached hydrogens (tertiary/aromatic N) is 2. The Hall–Kier alpha value is -2.55. The first-order valence-electron chi connectivity index (χ1n) is 7.26. The number of nitrogen functional groups attached to an aromatic ring is 1. The average Bonchev–Trinajstić information content (AvgIpc) is 2.90. The standard InChI is InChI=1S/C18H19N3/c1-2-12-21-13-20-17(18(21)19)16-10-8-15(9-11-16)14-6-4-3-5-7-14/h3-11,13H,2,12,19H2,1H3. The molecule has 0 unspecified atom stereocenters. The molecule has 0 fully saturated rings. The molecule has 0 radical (unpaired) electrons. The van der Waals surface area contributed by atoms with Gasteiger partial charge in [-0.15, -0.1) is 0 Å². The van der Waals surface area contributed by atoms with Gasteiger partial charge in [-0.3, -0.25) is 0 Å². The second-order valence-electron chi connectivity index (χ2n) is 5.12. The molecule has 0 spiro atoms. The van der Waals surface area contributed by atoms with Crippen molar-refractivity contribution in [1.29, 1.82) is 0 Å². The maximum Gasteiger partial charge on any atom is 0.131 e. The van der Waals surface area contributed by atoms with Gasteiger partial charge in [0.15, 0.2) is 0 Å². The molecule has 21 heavy (non-hydrogen) atoms. The minimum atomic E-state index is 0.740. The minimum absolute atomic E-state index is 0.740. The number of aryl methyl sites for hydroxylation is 1. The van der Waals surface area contributed by atoms with E-state index in [4.69, 9.17) is 5.73 Å². The number of benzene rings is 2. The molecule has 0 saturated carbocycles. The van der Waals surface area contributed by atoms with Gasteiger partial charge in [-0.2, -0.15) is 0 Å². The molecule has 3 rings (SSSR count). The lowest BCUT2D eigenvalue weighted by Gasteiger charge is -2.05. The fourth-order valence-electron chi connectivity index (χ4n) is 2.48. The van der Waals surface area contributed by atoms with Gasteiger partial charge < -0.3 is 10.3 Å². The van der Waals surface area contributed by atoms with E-state index in [-0.39, 0.29) is 0 Å². The molecule has 3 aromatic rings. The van der Waals surface area contributed by atoms with E-state index < -0.39 is 0 Å². The van der Waals surface area contributed by atoms with Gasteiger partial charge >= 0.3 is 0 Å². The first-order chi connectivity index (χ1) is 10.3. The summed E-state index contributed by atoms with van der Waals surface area (Å²) in [4.78, 5) is 4.44. The molecule has 1 heterocycles. The predicted octanol–water partition coefficient (Wildman–Crippen LogP) is 4.21. The second-order valence-corrected chi connectivity index (χ2v) is 5.12. The number of anilines is 1. The van der Waals surface area contributed by atoms with Crippen LogP contribution in [0.2, 0.25) is 0 Å². The lowest BCUT2D eigenvalue weighted by Crippen LogP contribution is -2.01. The highest BCUT2D eigenvalue weighted by molar-refractivity contribution is 5.73. The van der Waals surface area contributed by atoms with E-state index in [9.17, 15) is 0 Å². The van der Waals surface area contributed by atoms with Crippen molar-refractivity contribution >= 4 is 5.82 Å². The Morgan fingerprint density at radius 3 is 2.19 bits per heavy atom. The number of nitrogens with two attached hydrogens (primary N) is 1. The highest BCUT2D eigenvalue weighted by atomic mass is 15.1. The predicted molar refractivity (Wildman–Crippen MR) is 87.8 cm³/mol. The second kappa shape index (κ2) is 5.83. The number of rotatable bonds is 4. The lowest BCUT2D eigenvalue weighted by atomic mass is 10.0. The Balaban J connectivity index is 1.91. The summed E-state index contributed by atoms with van der Waals surface area (Å²) in [5, 5.41) is 0. The zero-order chi connectivity index (χ0) is 14.7. The van der Waals surface area contributed by atoms with E-state index in [2.05, 4.69) is 48.3 Å². The van der Waals surface area contributed by atoms with Crippen LogP contribution in [-0.4, -0.2) is 9.55 Å². The molecule has 3 heteroatoms. The summed E-state index contributed by atoms with van der Waals surface area (Å²) in [6, 6.07) is 18.7. The third-order valence-electron chi connectivity index (χ3n) is 3.61. The van der Waals surface area contributed by atoms with E-state index in [0.717, 1.165) is 30.0 Å².